The fraction of sp³-hybridized carbons (Fsp3) is 0.946. The first-order chi connectivity index (χ1) is 45.0. The van der Waals surface area contributed by atoms with Crippen LogP contribution in [-0.4, -0.2) is 96.7 Å². The van der Waals surface area contributed by atoms with Crippen molar-refractivity contribution in [1.82, 2.24) is 0 Å². The Morgan fingerprint density at radius 1 is 0.290 bits per heavy atom. The molecule has 552 valence electrons. The Bertz CT molecular complexity index is 1790. The van der Waals surface area contributed by atoms with Gasteiger partial charge in [0.15, 0.2) is 12.2 Å². The number of aliphatic hydroxyl groups excluding tert-OH is 1. The number of hydrogen-bond acceptors (Lipinski definition) is 15. The number of carbonyl (C=O) groups is 4. The molecule has 0 amide bonds. The van der Waals surface area contributed by atoms with E-state index in [2.05, 4.69) is 34.6 Å². The molecule has 0 radical (unpaired) electrons. The Morgan fingerprint density at radius 2 is 0.495 bits per heavy atom. The van der Waals surface area contributed by atoms with Gasteiger partial charge in [-0.15, -0.1) is 0 Å². The van der Waals surface area contributed by atoms with E-state index in [1.54, 1.807) is 0 Å². The molecule has 0 saturated heterocycles. The molecule has 19 heteroatoms. The van der Waals surface area contributed by atoms with Crippen LogP contribution in [0.15, 0.2) is 0 Å². The number of phosphoric acid groups is 2. The smallest absolute Gasteiger partial charge is 0.462 e. The van der Waals surface area contributed by atoms with Crippen LogP contribution in [0.2, 0.25) is 0 Å². The maximum atomic E-state index is 13.1. The van der Waals surface area contributed by atoms with Gasteiger partial charge >= 0.3 is 39.5 Å². The monoisotopic (exact) mass is 1370 g/mol. The number of ether oxygens (including phenoxy) is 4. The Labute approximate surface area is 568 Å². The van der Waals surface area contributed by atoms with Gasteiger partial charge in [0.1, 0.15) is 19.3 Å². The second-order valence-corrected chi connectivity index (χ2v) is 30.1. The second-order valence-electron chi connectivity index (χ2n) is 27.2. The summed E-state index contributed by atoms with van der Waals surface area (Å²) in [5, 5.41) is 10.6. The molecule has 17 nitrogen and oxygen atoms in total. The summed E-state index contributed by atoms with van der Waals surface area (Å²) in [7, 11) is -9.91. The van der Waals surface area contributed by atoms with E-state index in [9.17, 15) is 43.2 Å². The number of phosphoric ester groups is 2. The molecule has 0 aromatic rings. The zero-order chi connectivity index (χ0) is 68.4. The minimum atomic E-state index is -4.95. The molecular formula is C74H144O17P2. The van der Waals surface area contributed by atoms with Gasteiger partial charge in [0.25, 0.3) is 0 Å². The summed E-state index contributed by atoms with van der Waals surface area (Å²) in [6.45, 7) is 7.24. The largest absolute Gasteiger partial charge is 0.472 e. The molecular weight excluding hydrogens is 1220 g/mol. The Kier molecular flexibility index (Phi) is 65.9. The van der Waals surface area contributed by atoms with Crippen LogP contribution in [0.25, 0.3) is 0 Å². The molecule has 2 unspecified atom stereocenters. The van der Waals surface area contributed by atoms with Gasteiger partial charge in [-0.25, -0.2) is 9.13 Å². The van der Waals surface area contributed by atoms with Gasteiger partial charge in [0.05, 0.1) is 26.4 Å². The van der Waals surface area contributed by atoms with Crippen molar-refractivity contribution in [3.8, 4) is 0 Å². The molecule has 0 spiro atoms. The fourth-order valence-electron chi connectivity index (χ4n) is 11.4. The summed E-state index contributed by atoms with van der Waals surface area (Å²) >= 11 is 0. The molecule has 0 bridgehead atoms. The van der Waals surface area contributed by atoms with Gasteiger partial charge in [0.2, 0.25) is 0 Å². The van der Waals surface area contributed by atoms with E-state index >= 15 is 0 Å². The minimum Gasteiger partial charge on any atom is -0.462 e. The average Bonchev–Trinajstić information content (AvgIpc) is 1.81. The standard InChI is InChI=1S/C74H144O17P2/c1-6-9-12-15-18-21-24-26-28-29-30-32-35-38-44-49-54-59-73(78)90-69(63-85-72(77)58-53-48-43-37-34-31-27-25-22-19-16-13-10-7-2)65-88-92(80,81)86-61-68(75)62-87-93(82,83)89-66-70(91-74(79)60-55-50-45-40-39-41-46-51-56-67(4)5)64-84-71(76)57-52-47-42-36-33-23-20-17-14-11-8-3/h67-70,75H,6-66H2,1-5H3,(H,80,81)(H,82,83)/t68-,69-,70-/m1/s1. The zero-order valence-electron chi connectivity index (χ0n) is 60.4. The summed E-state index contributed by atoms with van der Waals surface area (Å²) in [5.41, 5.74) is 0. The highest BCUT2D eigenvalue weighted by Gasteiger charge is 2.30. The topological polar surface area (TPSA) is 237 Å². The zero-order valence-corrected chi connectivity index (χ0v) is 62.2. The van der Waals surface area contributed by atoms with Gasteiger partial charge in [-0.2, -0.15) is 0 Å². The molecule has 5 atom stereocenters. The molecule has 0 aliphatic carbocycles. The van der Waals surface area contributed by atoms with Gasteiger partial charge in [-0.1, -0.05) is 336 Å². The molecule has 93 heavy (non-hydrogen) atoms. The Hall–Kier alpha value is -1.94. The molecule has 0 aromatic carbocycles. The van der Waals surface area contributed by atoms with Crippen molar-refractivity contribution >= 4 is 39.5 Å². The molecule has 0 heterocycles. The van der Waals surface area contributed by atoms with Crippen molar-refractivity contribution in [3.63, 3.8) is 0 Å². The summed E-state index contributed by atoms with van der Waals surface area (Å²) < 4.78 is 68.4. The number of hydrogen-bond donors (Lipinski definition) is 3. The number of carbonyl (C=O) groups excluding carboxylic acids is 4. The van der Waals surface area contributed by atoms with Gasteiger partial charge in [-0.3, -0.25) is 37.3 Å². The van der Waals surface area contributed by atoms with Crippen molar-refractivity contribution in [2.45, 2.75) is 406 Å². The van der Waals surface area contributed by atoms with Crippen LogP contribution in [0, 0.1) is 5.92 Å². The highest BCUT2D eigenvalue weighted by atomic mass is 31.2. The summed E-state index contributed by atoms with van der Waals surface area (Å²) in [5.74, 6) is -1.40. The van der Waals surface area contributed by atoms with E-state index < -0.39 is 97.5 Å². The third kappa shape index (κ3) is 68.4. The molecule has 0 fully saturated rings. The quantitative estimate of drug-likeness (QED) is 0.0222. The first-order valence-corrected chi connectivity index (χ1v) is 41.6. The van der Waals surface area contributed by atoms with Crippen LogP contribution in [0.5, 0.6) is 0 Å². The number of esters is 4. The van der Waals surface area contributed by atoms with E-state index in [4.69, 9.17) is 37.0 Å². The van der Waals surface area contributed by atoms with E-state index in [0.29, 0.717) is 25.7 Å². The summed E-state index contributed by atoms with van der Waals surface area (Å²) in [4.78, 5) is 72.7. The van der Waals surface area contributed by atoms with E-state index in [1.807, 2.05) is 0 Å². The summed E-state index contributed by atoms with van der Waals surface area (Å²) in [6, 6.07) is 0. The van der Waals surface area contributed by atoms with Crippen LogP contribution in [-0.2, 0) is 65.4 Å². The van der Waals surface area contributed by atoms with Crippen LogP contribution >= 0.6 is 15.6 Å². The van der Waals surface area contributed by atoms with E-state index in [1.165, 1.54) is 212 Å². The number of unbranched alkanes of at least 4 members (excludes halogenated alkanes) is 46. The molecule has 0 rings (SSSR count). The third-order valence-corrected chi connectivity index (χ3v) is 19.2. The first-order valence-electron chi connectivity index (χ1n) is 38.6. The highest BCUT2D eigenvalue weighted by molar-refractivity contribution is 7.47. The second kappa shape index (κ2) is 67.3. The Morgan fingerprint density at radius 3 is 0.731 bits per heavy atom. The molecule has 0 saturated carbocycles. The van der Waals surface area contributed by atoms with Crippen molar-refractivity contribution in [2.24, 2.45) is 5.92 Å². The lowest BCUT2D eigenvalue weighted by atomic mass is 10.0. The first kappa shape index (κ1) is 91.1. The third-order valence-electron chi connectivity index (χ3n) is 17.3. The van der Waals surface area contributed by atoms with E-state index in [0.717, 1.165) is 95.8 Å². The molecule has 0 aromatic heterocycles. The predicted molar refractivity (Wildman–Crippen MR) is 377 cm³/mol. The van der Waals surface area contributed by atoms with E-state index in [-0.39, 0.29) is 25.7 Å². The molecule has 0 aliphatic rings. The van der Waals surface area contributed by atoms with Crippen LogP contribution in [0.3, 0.4) is 0 Å². The van der Waals surface area contributed by atoms with Crippen LogP contribution in [0.1, 0.15) is 388 Å². The summed E-state index contributed by atoms with van der Waals surface area (Å²) in [6.07, 6.45) is 55.4. The highest BCUT2D eigenvalue weighted by Crippen LogP contribution is 2.45. The van der Waals surface area contributed by atoms with Crippen LogP contribution < -0.4 is 0 Å². The fourth-order valence-corrected chi connectivity index (χ4v) is 12.9. The predicted octanol–water partition coefficient (Wildman–Crippen LogP) is 21.7. The van der Waals surface area contributed by atoms with Crippen LogP contribution in [0.4, 0.5) is 0 Å². The van der Waals surface area contributed by atoms with Crippen molar-refractivity contribution in [1.29, 1.82) is 0 Å². The maximum Gasteiger partial charge on any atom is 0.472 e. The molecule has 3 N–H and O–H groups in total. The van der Waals surface area contributed by atoms with Gasteiger partial charge in [-0.05, 0) is 31.6 Å². The van der Waals surface area contributed by atoms with Gasteiger partial charge in [0, 0.05) is 25.7 Å². The lowest BCUT2D eigenvalue weighted by Crippen LogP contribution is -2.30. The minimum absolute atomic E-state index is 0.105. The lowest BCUT2D eigenvalue weighted by Gasteiger charge is -2.21. The SMILES string of the molecule is CCCCCCCCCCCCCCCCCCCC(=O)O[C@H](COC(=O)CCCCCCCCCCCCCCCC)COP(=O)(O)OC[C@@H](O)COP(=O)(O)OC[C@@H](COC(=O)CCCCCCCCCCCCC)OC(=O)CCCCCCCCCCC(C)C. The maximum absolute atomic E-state index is 13.1. The van der Waals surface area contributed by atoms with Crippen molar-refractivity contribution < 1.29 is 80.2 Å². The average molecular weight is 1370 g/mol. The number of aliphatic hydroxyl groups is 1. The number of rotatable bonds is 74. The van der Waals surface area contributed by atoms with Gasteiger partial charge < -0.3 is 33.8 Å². The lowest BCUT2D eigenvalue weighted by molar-refractivity contribution is -0.161. The Balaban J connectivity index is 5.24. The molecule has 0 aliphatic heterocycles. The van der Waals surface area contributed by atoms with Crippen molar-refractivity contribution in [2.75, 3.05) is 39.6 Å². The van der Waals surface area contributed by atoms with Crippen molar-refractivity contribution in [3.05, 3.63) is 0 Å². The normalized spacial score (nSPS) is 14.0.